The number of hydrogen-bond donors (Lipinski definition) is 1. The topological polar surface area (TPSA) is 72.5 Å². The Morgan fingerprint density at radius 1 is 1.48 bits per heavy atom. The van der Waals surface area contributed by atoms with Crippen molar-refractivity contribution in [1.29, 1.82) is 0 Å². The molecule has 1 N–H and O–H groups in total. The average molecular weight is 309 g/mol. The molecule has 1 aromatic rings. The number of anilines is 1. The highest BCUT2D eigenvalue weighted by Crippen LogP contribution is 2.25. The van der Waals surface area contributed by atoms with Crippen LogP contribution in [0.1, 0.15) is 25.3 Å². The van der Waals surface area contributed by atoms with E-state index in [1.807, 2.05) is 24.3 Å². The number of esters is 1. The second-order valence-electron chi connectivity index (χ2n) is 5.09. The van der Waals surface area contributed by atoms with Crippen molar-refractivity contribution in [1.82, 2.24) is 0 Å². The minimum atomic E-state index is -1.42. The molecular formula is C15H19NO4S. The lowest BCUT2D eigenvalue weighted by atomic mass is 10.1. The van der Waals surface area contributed by atoms with Gasteiger partial charge >= 0.3 is 5.97 Å². The van der Waals surface area contributed by atoms with Crippen LogP contribution < -0.4 is 5.32 Å². The summed E-state index contributed by atoms with van der Waals surface area (Å²) in [6.45, 7) is 1.71. The van der Waals surface area contributed by atoms with Gasteiger partial charge in [-0.1, -0.05) is 25.1 Å². The fourth-order valence-electron chi connectivity index (χ4n) is 2.39. The van der Waals surface area contributed by atoms with Gasteiger partial charge < -0.3 is 10.1 Å². The number of amides is 1. The SMILES string of the molecule is COC(=O)CC(C)S(=O)C1CCc2ccccc2NC1=O. The first kappa shape index (κ1) is 15.7. The molecule has 0 fully saturated rings. The lowest BCUT2D eigenvalue weighted by Gasteiger charge is -2.17. The van der Waals surface area contributed by atoms with Gasteiger partial charge in [-0.15, -0.1) is 0 Å². The molecule has 0 aromatic heterocycles. The fraction of sp³-hybridized carbons (Fsp3) is 0.467. The highest BCUT2D eigenvalue weighted by Gasteiger charge is 2.32. The zero-order valence-electron chi connectivity index (χ0n) is 12.1. The Kier molecular flexibility index (Phi) is 5.12. The van der Waals surface area contributed by atoms with Crippen LogP contribution in [0.5, 0.6) is 0 Å². The van der Waals surface area contributed by atoms with Crippen molar-refractivity contribution in [2.45, 2.75) is 36.7 Å². The van der Waals surface area contributed by atoms with Crippen molar-refractivity contribution in [3.05, 3.63) is 29.8 Å². The van der Waals surface area contributed by atoms with E-state index in [1.54, 1.807) is 6.92 Å². The number of hydrogen-bond acceptors (Lipinski definition) is 4. The molecule has 2 rings (SSSR count). The Balaban J connectivity index is 2.09. The Hall–Kier alpha value is -1.69. The predicted molar refractivity (Wildman–Crippen MR) is 81.4 cm³/mol. The van der Waals surface area contributed by atoms with E-state index in [9.17, 15) is 13.8 Å². The molecule has 21 heavy (non-hydrogen) atoms. The van der Waals surface area contributed by atoms with Gasteiger partial charge in [0.15, 0.2) is 0 Å². The van der Waals surface area contributed by atoms with E-state index in [0.717, 1.165) is 11.3 Å². The van der Waals surface area contributed by atoms with Crippen molar-refractivity contribution >= 4 is 28.4 Å². The highest BCUT2D eigenvalue weighted by atomic mass is 32.2. The first-order valence-corrected chi connectivity index (χ1v) is 8.15. The number of carbonyl (C=O) groups excluding carboxylic acids is 2. The largest absolute Gasteiger partial charge is 0.469 e. The molecular weight excluding hydrogens is 290 g/mol. The van der Waals surface area contributed by atoms with E-state index in [0.29, 0.717) is 12.8 Å². The maximum Gasteiger partial charge on any atom is 0.306 e. The number of methoxy groups -OCH3 is 1. The number of benzene rings is 1. The van der Waals surface area contributed by atoms with Gasteiger partial charge in [0.2, 0.25) is 5.91 Å². The summed E-state index contributed by atoms with van der Waals surface area (Å²) in [5.41, 5.74) is 1.83. The molecule has 1 heterocycles. The number of nitrogens with one attached hydrogen (secondary N) is 1. The third kappa shape index (κ3) is 3.69. The van der Waals surface area contributed by atoms with Crippen LogP contribution in [0.2, 0.25) is 0 Å². The van der Waals surface area contributed by atoms with E-state index < -0.39 is 27.3 Å². The monoisotopic (exact) mass is 309 g/mol. The summed E-state index contributed by atoms with van der Waals surface area (Å²) in [5, 5.41) is 1.82. The zero-order valence-corrected chi connectivity index (χ0v) is 12.9. The van der Waals surface area contributed by atoms with Crippen LogP contribution in [0, 0.1) is 0 Å². The molecule has 114 valence electrons. The van der Waals surface area contributed by atoms with Gasteiger partial charge in [0.25, 0.3) is 0 Å². The summed E-state index contributed by atoms with van der Waals surface area (Å²) >= 11 is 0. The van der Waals surface area contributed by atoms with Crippen LogP contribution in [0.25, 0.3) is 0 Å². The van der Waals surface area contributed by atoms with Gasteiger partial charge in [0.1, 0.15) is 5.25 Å². The number of aryl methyl sites for hydroxylation is 1. The molecule has 1 aliphatic rings. The molecule has 0 spiro atoms. The molecule has 3 atom stereocenters. The number of carbonyl (C=O) groups is 2. The van der Waals surface area contributed by atoms with Gasteiger partial charge in [-0.05, 0) is 24.5 Å². The van der Waals surface area contributed by atoms with Gasteiger partial charge in [-0.25, -0.2) is 0 Å². The molecule has 0 saturated carbocycles. The van der Waals surface area contributed by atoms with Crippen LogP contribution in [0.15, 0.2) is 24.3 Å². The maximum atomic E-state index is 12.5. The van der Waals surface area contributed by atoms with Crippen molar-refractivity contribution in [2.75, 3.05) is 12.4 Å². The third-order valence-corrected chi connectivity index (χ3v) is 5.57. The Morgan fingerprint density at radius 2 is 2.19 bits per heavy atom. The summed E-state index contributed by atoms with van der Waals surface area (Å²) in [5.74, 6) is -0.650. The van der Waals surface area contributed by atoms with E-state index in [1.165, 1.54) is 7.11 Å². The lowest BCUT2D eigenvalue weighted by Crippen LogP contribution is -2.35. The molecule has 0 bridgehead atoms. The van der Waals surface area contributed by atoms with E-state index in [2.05, 4.69) is 10.1 Å². The summed E-state index contributed by atoms with van der Waals surface area (Å²) in [7, 11) is -0.117. The molecule has 3 unspecified atom stereocenters. The second kappa shape index (κ2) is 6.85. The molecule has 0 aliphatic carbocycles. The quantitative estimate of drug-likeness (QED) is 0.858. The van der Waals surface area contributed by atoms with Crippen LogP contribution >= 0.6 is 0 Å². The summed E-state index contributed by atoms with van der Waals surface area (Å²) in [4.78, 5) is 23.5. The first-order valence-electron chi connectivity index (χ1n) is 6.88. The molecule has 0 radical (unpaired) electrons. The molecule has 5 nitrogen and oxygen atoms in total. The fourth-order valence-corrected chi connectivity index (χ4v) is 3.87. The Labute approximate surface area is 126 Å². The maximum absolute atomic E-state index is 12.5. The predicted octanol–water partition coefficient (Wildman–Crippen LogP) is 1.64. The number of ether oxygens (including phenoxy) is 1. The molecule has 1 aromatic carbocycles. The smallest absolute Gasteiger partial charge is 0.306 e. The van der Waals surface area contributed by atoms with Crippen molar-refractivity contribution in [2.24, 2.45) is 0 Å². The van der Waals surface area contributed by atoms with Crippen molar-refractivity contribution in [3.8, 4) is 0 Å². The van der Waals surface area contributed by atoms with Gasteiger partial charge in [-0.2, -0.15) is 0 Å². The first-order chi connectivity index (χ1) is 10.0. The molecule has 1 amide bonds. The average Bonchev–Trinajstić information content (AvgIpc) is 2.64. The third-order valence-electron chi connectivity index (χ3n) is 3.60. The molecule has 6 heteroatoms. The van der Waals surface area contributed by atoms with E-state index in [4.69, 9.17) is 0 Å². The van der Waals surface area contributed by atoms with Crippen LogP contribution in [-0.2, 0) is 31.5 Å². The van der Waals surface area contributed by atoms with E-state index in [-0.39, 0.29) is 12.3 Å². The van der Waals surface area contributed by atoms with Gasteiger partial charge in [-0.3, -0.25) is 13.8 Å². The minimum Gasteiger partial charge on any atom is -0.469 e. The minimum absolute atomic E-state index is 0.0554. The number of para-hydroxylation sites is 1. The normalized spacial score (nSPS) is 20.7. The number of rotatable bonds is 4. The standard InChI is InChI=1S/C15H19NO4S/c1-10(9-14(17)20-2)21(19)13-8-7-11-5-3-4-6-12(11)16-15(13)18/h3-6,10,13H,7-9H2,1-2H3,(H,16,18). The van der Waals surface area contributed by atoms with Crippen molar-refractivity contribution in [3.63, 3.8) is 0 Å². The van der Waals surface area contributed by atoms with E-state index >= 15 is 0 Å². The summed E-state index contributed by atoms with van der Waals surface area (Å²) in [6.07, 6.45) is 1.26. The number of fused-ring (bicyclic) bond motifs is 1. The molecule has 0 saturated heterocycles. The van der Waals surface area contributed by atoms with Crippen LogP contribution in [-0.4, -0.2) is 33.7 Å². The highest BCUT2D eigenvalue weighted by molar-refractivity contribution is 7.87. The summed E-state index contributed by atoms with van der Waals surface area (Å²) in [6, 6.07) is 7.58. The summed E-state index contributed by atoms with van der Waals surface area (Å²) < 4.78 is 17.1. The van der Waals surface area contributed by atoms with Crippen LogP contribution in [0.4, 0.5) is 5.69 Å². The Morgan fingerprint density at radius 3 is 2.90 bits per heavy atom. The zero-order chi connectivity index (χ0) is 15.4. The van der Waals surface area contributed by atoms with Crippen LogP contribution in [0.3, 0.4) is 0 Å². The lowest BCUT2D eigenvalue weighted by molar-refractivity contribution is -0.140. The van der Waals surface area contributed by atoms with Gasteiger partial charge in [0, 0.05) is 21.7 Å². The second-order valence-corrected chi connectivity index (χ2v) is 7.12. The molecule has 1 aliphatic heterocycles. The van der Waals surface area contributed by atoms with Crippen molar-refractivity contribution < 1.29 is 18.5 Å². The van der Waals surface area contributed by atoms with Gasteiger partial charge in [0.05, 0.1) is 13.5 Å². The Bertz CT molecular complexity index is 573.